The summed E-state index contributed by atoms with van der Waals surface area (Å²) in [6.45, 7) is 0.934. The zero-order valence-electron chi connectivity index (χ0n) is 24.7. The van der Waals surface area contributed by atoms with Crippen LogP contribution in [-0.2, 0) is 30.2 Å². The van der Waals surface area contributed by atoms with E-state index < -0.39 is 73.6 Å². The van der Waals surface area contributed by atoms with Gasteiger partial charge in [0.15, 0.2) is 35.4 Å². The Bertz CT molecular complexity index is 1320. The Kier molecular flexibility index (Phi) is 11.6. The van der Waals surface area contributed by atoms with Crippen LogP contribution in [0.3, 0.4) is 0 Å². The van der Waals surface area contributed by atoms with E-state index in [1.807, 2.05) is 0 Å². The van der Waals surface area contributed by atoms with E-state index in [0.717, 1.165) is 6.08 Å². The number of aromatic hydroxyl groups is 3. The third-order valence-electron chi connectivity index (χ3n) is 7.97. The third kappa shape index (κ3) is 8.23. The second-order valence-corrected chi connectivity index (χ2v) is 11.1. The first-order valence-electron chi connectivity index (χ1n) is 14.5. The smallest absolute Gasteiger partial charge is 0.331 e. The van der Waals surface area contributed by atoms with Crippen molar-refractivity contribution in [1.29, 1.82) is 0 Å². The lowest BCUT2D eigenvalue weighted by molar-refractivity contribution is -0.321. The van der Waals surface area contributed by atoms with Crippen LogP contribution >= 0.6 is 0 Å². The predicted octanol–water partition coefficient (Wildman–Crippen LogP) is -0.0493. The zero-order valence-corrected chi connectivity index (χ0v) is 24.7. The summed E-state index contributed by atoms with van der Waals surface area (Å²) in [5.74, 6) is -1.90. The number of rotatable bonds is 11. The number of carbonyl (C=O) groups excluding carboxylic acids is 1. The van der Waals surface area contributed by atoms with Gasteiger partial charge < -0.3 is 64.5 Å². The molecule has 4 rings (SSSR count). The van der Waals surface area contributed by atoms with Crippen molar-refractivity contribution in [1.82, 2.24) is 0 Å². The number of methoxy groups -OCH3 is 1. The highest BCUT2D eigenvalue weighted by molar-refractivity contribution is 5.87. The van der Waals surface area contributed by atoms with Crippen molar-refractivity contribution in [3.05, 3.63) is 53.6 Å². The van der Waals surface area contributed by atoms with Crippen molar-refractivity contribution in [3.63, 3.8) is 0 Å². The summed E-state index contributed by atoms with van der Waals surface area (Å²) in [5.41, 5.74) is 1.05. The van der Waals surface area contributed by atoms with Crippen LogP contribution in [0.5, 0.6) is 23.0 Å². The molecule has 1 heterocycles. The van der Waals surface area contributed by atoms with Crippen LogP contribution in [0.1, 0.15) is 24.5 Å². The first-order chi connectivity index (χ1) is 21.4. The van der Waals surface area contributed by atoms with Gasteiger partial charge in [-0.1, -0.05) is 19.1 Å². The molecular formula is C31H40O14. The Morgan fingerprint density at radius 1 is 0.933 bits per heavy atom. The SMILES string of the molecule is COc1ccc(/C=C/C(=O)O[C@H]2[C@H](OC3C[C@@H](C)[C@H](O)[C@@H](O)[C@H]3O)[C@@H](O)C(OCCc3ccc(O)c(O)c3)O[C@@H]2CO)cc1O. The molecule has 2 aliphatic rings. The van der Waals surface area contributed by atoms with E-state index in [0.29, 0.717) is 11.1 Å². The molecular weight excluding hydrogens is 596 g/mol. The number of aliphatic hydroxyl groups is 5. The third-order valence-corrected chi connectivity index (χ3v) is 7.97. The van der Waals surface area contributed by atoms with Gasteiger partial charge in [-0.25, -0.2) is 4.79 Å². The monoisotopic (exact) mass is 636 g/mol. The summed E-state index contributed by atoms with van der Waals surface area (Å²) in [6, 6.07) is 8.69. The summed E-state index contributed by atoms with van der Waals surface area (Å²) < 4.78 is 28.2. The predicted molar refractivity (Wildman–Crippen MR) is 155 cm³/mol. The average molecular weight is 637 g/mol. The lowest BCUT2D eigenvalue weighted by atomic mass is 9.81. The maximum atomic E-state index is 12.9. The van der Waals surface area contributed by atoms with Crippen molar-refractivity contribution >= 4 is 12.0 Å². The maximum Gasteiger partial charge on any atom is 0.331 e. The molecule has 0 spiro atoms. The molecule has 2 aromatic rings. The minimum Gasteiger partial charge on any atom is -0.504 e. The minimum absolute atomic E-state index is 0.0350. The second kappa shape index (κ2) is 15.2. The number of esters is 1. The molecule has 8 N–H and O–H groups in total. The van der Waals surface area contributed by atoms with E-state index in [4.69, 9.17) is 23.7 Å². The Balaban J connectivity index is 1.52. The highest BCUT2D eigenvalue weighted by Crippen LogP contribution is 2.34. The number of hydrogen-bond acceptors (Lipinski definition) is 14. The van der Waals surface area contributed by atoms with Crippen molar-refractivity contribution < 1.29 is 69.3 Å². The number of phenolic OH excluding ortho intramolecular Hbond substituents is 3. The summed E-state index contributed by atoms with van der Waals surface area (Å²) in [7, 11) is 1.39. The second-order valence-electron chi connectivity index (χ2n) is 11.1. The molecule has 2 unspecified atom stereocenters. The van der Waals surface area contributed by atoms with Gasteiger partial charge in [0.25, 0.3) is 0 Å². The van der Waals surface area contributed by atoms with Crippen LogP contribution in [-0.4, -0.2) is 122 Å². The number of aliphatic hydroxyl groups excluding tert-OH is 5. The fourth-order valence-corrected chi connectivity index (χ4v) is 5.38. The summed E-state index contributed by atoms with van der Waals surface area (Å²) in [6.07, 6.45) is -9.73. The van der Waals surface area contributed by atoms with E-state index in [1.165, 1.54) is 37.5 Å². The van der Waals surface area contributed by atoms with E-state index in [-0.39, 0.29) is 42.4 Å². The fourth-order valence-electron chi connectivity index (χ4n) is 5.38. The van der Waals surface area contributed by atoms with Gasteiger partial charge in [0.05, 0.1) is 32.5 Å². The van der Waals surface area contributed by atoms with Crippen LogP contribution in [0, 0.1) is 5.92 Å². The van der Waals surface area contributed by atoms with E-state index in [1.54, 1.807) is 19.1 Å². The highest BCUT2D eigenvalue weighted by Gasteiger charge is 2.51. The number of benzene rings is 2. The van der Waals surface area contributed by atoms with Crippen LogP contribution in [0.2, 0.25) is 0 Å². The molecule has 1 saturated carbocycles. The molecule has 248 valence electrons. The number of hydrogen-bond donors (Lipinski definition) is 8. The lowest BCUT2D eigenvalue weighted by Gasteiger charge is -2.46. The topological polar surface area (TPSA) is 225 Å². The van der Waals surface area contributed by atoms with Crippen molar-refractivity contribution in [2.45, 2.75) is 74.9 Å². The van der Waals surface area contributed by atoms with E-state index >= 15 is 0 Å². The zero-order chi connectivity index (χ0) is 32.8. The largest absolute Gasteiger partial charge is 0.504 e. The fraction of sp³-hybridized carbons (Fsp3) is 0.516. The number of ether oxygens (including phenoxy) is 5. The Morgan fingerprint density at radius 3 is 2.36 bits per heavy atom. The van der Waals surface area contributed by atoms with Gasteiger partial charge in [0, 0.05) is 6.08 Å². The quantitative estimate of drug-likeness (QED) is 0.0920. The van der Waals surface area contributed by atoms with Crippen LogP contribution in [0.4, 0.5) is 0 Å². The van der Waals surface area contributed by atoms with Gasteiger partial charge in [-0.15, -0.1) is 0 Å². The Morgan fingerprint density at radius 2 is 1.69 bits per heavy atom. The van der Waals surface area contributed by atoms with Gasteiger partial charge >= 0.3 is 5.97 Å². The molecule has 0 bridgehead atoms. The number of phenols is 3. The van der Waals surface area contributed by atoms with Gasteiger partial charge in [0.1, 0.15) is 30.5 Å². The average Bonchev–Trinajstić information content (AvgIpc) is 3.02. The molecule has 1 aliphatic carbocycles. The van der Waals surface area contributed by atoms with Crippen molar-refractivity contribution in [2.75, 3.05) is 20.3 Å². The van der Waals surface area contributed by atoms with Gasteiger partial charge in [-0.2, -0.15) is 0 Å². The van der Waals surface area contributed by atoms with Crippen molar-refractivity contribution in [2.24, 2.45) is 5.92 Å². The summed E-state index contributed by atoms with van der Waals surface area (Å²) in [5, 5.41) is 82.0. The molecule has 0 amide bonds. The Labute approximate surface area is 259 Å². The van der Waals surface area contributed by atoms with Crippen LogP contribution in [0.15, 0.2) is 42.5 Å². The van der Waals surface area contributed by atoms with Gasteiger partial charge in [-0.05, 0) is 60.2 Å². The number of carbonyl (C=O) groups is 1. The molecule has 2 aromatic carbocycles. The maximum absolute atomic E-state index is 12.9. The van der Waals surface area contributed by atoms with E-state index in [9.17, 15) is 45.6 Å². The Hall–Kier alpha value is -3.47. The summed E-state index contributed by atoms with van der Waals surface area (Å²) in [4.78, 5) is 12.9. The van der Waals surface area contributed by atoms with Crippen LogP contribution in [0.25, 0.3) is 6.08 Å². The van der Waals surface area contributed by atoms with Crippen molar-refractivity contribution in [3.8, 4) is 23.0 Å². The van der Waals surface area contributed by atoms with E-state index in [2.05, 4.69) is 0 Å². The minimum atomic E-state index is -1.62. The molecule has 45 heavy (non-hydrogen) atoms. The standard InChI is InChI=1S/C31H40O14/c1-15-11-22(26(38)27(39)25(15)37)43-30-28(40)31(42-10-9-17-3-6-18(33)19(34)12-17)44-23(14-32)29(30)45-24(36)8-5-16-4-7-21(41-2)20(35)13-16/h3-8,12-13,15,22-23,25-35,37-40H,9-11,14H2,1-2H3/b8-5+/t15-,22?,23-,25+,26+,27-,28-,29-,30-,31?/m1/s1. The highest BCUT2D eigenvalue weighted by atomic mass is 16.7. The molecule has 0 aromatic heterocycles. The molecule has 14 heteroatoms. The summed E-state index contributed by atoms with van der Waals surface area (Å²) >= 11 is 0. The lowest BCUT2D eigenvalue weighted by Crippen LogP contribution is -2.64. The first kappa shape index (κ1) is 34.4. The molecule has 10 atom stereocenters. The van der Waals surface area contributed by atoms with Gasteiger partial charge in [-0.3, -0.25) is 0 Å². The van der Waals surface area contributed by atoms with Crippen LogP contribution < -0.4 is 4.74 Å². The molecule has 1 saturated heterocycles. The molecule has 2 fully saturated rings. The molecule has 0 radical (unpaired) electrons. The van der Waals surface area contributed by atoms with Gasteiger partial charge in [0.2, 0.25) is 0 Å². The molecule has 14 nitrogen and oxygen atoms in total. The first-order valence-corrected chi connectivity index (χ1v) is 14.5. The molecule has 1 aliphatic heterocycles. The normalized spacial score (nSPS) is 32.0.